The number of carbonyl (C=O) groups is 1. The predicted octanol–water partition coefficient (Wildman–Crippen LogP) is 2.54. The molecule has 0 bridgehead atoms. The van der Waals surface area contributed by atoms with Gasteiger partial charge >= 0.3 is 5.97 Å². The molecular weight excluding hydrogens is 306 g/mol. The topological polar surface area (TPSA) is 93.8 Å². The van der Waals surface area contributed by atoms with Crippen LogP contribution in [0, 0.1) is 13.8 Å². The molecule has 24 heavy (non-hydrogen) atoms. The van der Waals surface area contributed by atoms with Gasteiger partial charge in [-0.15, -0.1) is 0 Å². The van der Waals surface area contributed by atoms with Gasteiger partial charge in [0.15, 0.2) is 11.5 Å². The van der Waals surface area contributed by atoms with Crippen LogP contribution in [0.25, 0.3) is 18.0 Å². The molecule has 0 aliphatic heterocycles. The van der Waals surface area contributed by atoms with Gasteiger partial charge in [-0.3, -0.25) is 0 Å². The van der Waals surface area contributed by atoms with Crippen LogP contribution in [0.1, 0.15) is 33.1 Å². The molecule has 7 heteroatoms. The van der Waals surface area contributed by atoms with Gasteiger partial charge in [0, 0.05) is 11.8 Å². The standard InChI is InChI=1S/C17H15N5O2/c1-11-14(7-6-13-9-15(17(23)24)20-10-19-13)12(2)22(21-11)16-5-3-4-8-18-16/h3-10H,1-2H3,(H,23,24)/b7-6+. The Morgan fingerprint density at radius 1 is 1.17 bits per heavy atom. The second kappa shape index (κ2) is 6.41. The van der Waals surface area contributed by atoms with Gasteiger partial charge in [-0.2, -0.15) is 5.10 Å². The summed E-state index contributed by atoms with van der Waals surface area (Å²) in [6.07, 6.45) is 6.56. The zero-order chi connectivity index (χ0) is 17.1. The molecular formula is C17H15N5O2. The summed E-state index contributed by atoms with van der Waals surface area (Å²) in [5, 5.41) is 13.5. The van der Waals surface area contributed by atoms with E-state index in [1.807, 2.05) is 38.1 Å². The summed E-state index contributed by atoms with van der Waals surface area (Å²) in [4.78, 5) is 23.0. The molecule has 3 heterocycles. The molecule has 120 valence electrons. The number of rotatable bonds is 4. The molecule has 3 aromatic heterocycles. The van der Waals surface area contributed by atoms with Crippen LogP contribution in [0.5, 0.6) is 0 Å². The monoisotopic (exact) mass is 321 g/mol. The third-order valence-corrected chi connectivity index (χ3v) is 3.54. The summed E-state index contributed by atoms with van der Waals surface area (Å²) in [6, 6.07) is 7.07. The van der Waals surface area contributed by atoms with E-state index in [0.717, 1.165) is 22.8 Å². The fraction of sp³-hybridized carbons (Fsp3) is 0.118. The van der Waals surface area contributed by atoms with Gasteiger partial charge < -0.3 is 5.11 Å². The number of aromatic carboxylic acids is 1. The lowest BCUT2D eigenvalue weighted by atomic mass is 10.1. The molecule has 3 aromatic rings. The number of nitrogens with zero attached hydrogens (tertiary/aromatic N) is 5. The molecule has 0 aromatic carbocycles. The number of hydrogen-bond donors (Lipinski definition) is 1. The van der Waals surface area contributed by atoms with Crippen molar-refractivity contribution < 1.29 is 9.90 Å². The number of carboxylic acids is 1. The molecule has 0 aliphatic carbocycles. The fourth-order valence-corrected chi connectivity index (χ4v) is 2.35. The SMILES string of the molecule is Cc1nn(-c2ccccn2)c(C)c1/C=C/c1cc(C(=O)O)ncn1. The minimum absolute atomic E-state index is 0.0396. The maximum Gasteiger partial charge on any atom is 0.354 e. The van der Waals surface area contributed by atoms with Crippen molar-refractivity contribution in [3.8, 4) is 5.82 Å². The Bertz CT molecular complexity index is 916. The van der Waals surface area contributed by atoms with Crippen LogP contribution in [-0.4, -0.2) is 35.8 Å². The molecule has 0 unspecified atom stereocenters. The highest BCUT2D eigenvalue weighted by atomic mass is 16.4. The Morgan fingerprint density at radius 2 is 2.00 bits per heavy atom. The zero-order valence-electron chi connectivity index (χ0n) is 13.2. The van der Waals surface area contributed by atoms with E-state index in [2.05, 4.69) is 20.1 Å². The van der Waals surface area contributed by atoms with Crippen LogP contribution in [-0.2, 0) is 0 Å². The minimum Gasteiger partial charge on any atom is -0.477 e. The molecule has 1 N–H and O–H groups in total. The van der Waals surface area contributed by atoms with Gasteiger partial charge in [-0.1, -0.05) is 6.07 Å². The average Bonchev–Trinajstić information content (AvgIpc) is 2.88. The van der Waals surface area contributed by atoms with Crippen molar-refractivity contribution in [3.63, 3.8) is 0 Å². The Balaban J connectivity index is 1.95. The third kappa shape index (κ3) is 3.05. The van der Waals surface area contributed by atoms with E-state index in [0.29, 0.717) is 5.69 Å². The smallest absolute Gasteiger partial charge is 0.354 e. The molecule has 0 aliphatic rings. The first-order chi connectivity index (χ1) is 11.6. The van der Waals surface area contributed by atoms with Gasteiger partial charge in [-0.25, -0.2) is 24.4 Å². The number of carboxylic acid groups (broad SMARTS) is 1. The Labute approximate surface area is 138 Å². The van der Waals surface area contributed by atoms with Crippen LogP contribution in [0.3, 0.4) is 0 Å². The van der Waals surface area contributed by atoms with E-state index in [4.69, 9.17) is 5.11 Å². The van der Waals surface area contributed by atoms with Crippen LogP contribution in [0.2, 0.25) is 0 Å². The van der Waals surface area contributed by atoms with E-state index < -0.39 is 5.97 Å². The summed E-state index contributed by atoms with van der Waals surface area (Å²) in [6.45, 7) is 3.87. The first-order valence-corrected chi connectivity index (χ1v) is 7.27. The van der Waals surface area contributed by atoms with Gasteiger partial charge in [0.25, 0.3) is 0 Å². The molecule has 0 saturated heterocycles. The van der Waals surface area contributed by atoms with Crippen LogP contribution in [0.4, 0.5) is 0 Å². The van der Waals surface area contributed by atoms with Gasteiger partial charge in [-0.05, 0) is 44.2 Å². The molecule has 0 spiro atoms. The Hall–Kier alpha value is -3.35. The lowest BCUT2D eigenvalue weighted by Gasteiger charge is -2.02. The number of hydrogen-bond acceptors (Lipinski definition) is 5. The fourth-order valence-electron chi connectivity index (χ4n) is 2.35. The number of aromatic nitrogens is 5. The van der Waals surface area contributed by atoms with Crippen molar-refractivity contribution in [1.82, 2.24) is 24.7 Å². The Morgan fingerprint density at radius 3 is 2.71 bits per heavy atom. The summed E-state index contributed by atoms with van der Waals surface area (Å²) < 4.78 is 1.78. The summed E-state index contributed by atoms with van der Waals surface area (Å²) in [7, 11) is 0. The molecule has 0 amide bonds. The van der Waals surface area contributed by atoms with Crippen molar-refractivity contribution in [2.45, 2.75) is 13.8 Å². The summed E-state index contributed by atoms with van der Waals surface area (Å²) >= 11 is 0. The summed E-state index contributed by atoms with van der Waals surface area (Å²) in [5.74, 6) is -0.338. The highest BCUT2D eigenvalue weighted by Crippen LogP contribution is 2.19. The normalized spacial score (nSPS) is 11.1. The predicted molar refractivity (Wildman–Crippen MR) is 88.8 cm³/mol. The van der Waals surface area contributed by atoms with Gasteiger partial charge in [0.1, 0.15) is 6.33 Å². The highest BCUT2D eigenvalue weighted by molar-refractivity contribution is 5.86. The summed E-state index contributed by atoms with van der Waals surface area (Å²) in [5.41, 5.74) is 3.21. The van der Waals surface area contributed by atoms with Crippen molar-refractivity contribution in [2.75, 3.05) is 0 Å². The largest absolute Gasteiger partial charge is 0.477 e. The van der Waals surface area contributed by atoms with Gasteiger partial charge in [0.05, 0.1) is 17.1 Å². The second-order valence-corrected chi connectivity index (χ2v) is 5.15. The maximum absolute atomic E-state index is 11.0. The van der Waals surface area contributed by atoms with Crippen molar-refractivity contribution in [2.24, 2.45) is 0 Å². The Kier molecular flexibility index (Phi) is 4.15. The first-order valence-electron chi connectivity index (χ1n) is 7.27. The lowest BCUT2D eigenvalue weighted by Crippen LogP contribution is -2.01. The molecule has 0 saturated carbocycles. The van der Waals surface area contributed by atoms with E-state index in [1.54, 1.807) is 17.0 Å². The zero-order valence-corrected chi connectivity index (χ0v) is 13.2. The van der Waals surface area contributed by atoms with Crippen molar-refractivity contribution in [3.05, 3.63) is 65.1 Å². The molecule has 3 rings (SSSR count). The van der Waals surface area contributed by atoms with Crippen LogP contribution < -0.4 is 0 Å². The van der Waals surface area contributed by atoms with E-state index in [9.17, 15) is 4.79 Å². The molecule has 0 atom stereocenters. The lowest BCUT2D eigenvalue weighted by molar-refractivity contribution is 0.0690. The van der Waals surface area contributed by atoms with E-state index in [-0.39, 0.29) is 5.69 Å². The van der Waals surface area contributed by atoms with Gasteiger partial charge in [0.2, 0.25) is 0 Å². The molecule has 0 radical (unpaired) electrons. The highest BCUT2D eigenvalue weighted by Gasteiger charge is 2.11. The minimum atomic E-state index is -1.08. The second-order valence-electron chi connectivity index (χ2n) is 5.15. The maximum atomic E-state index is 11.0. The number of pyridine rings is 1. The average molecular weight is 321 g/mol. The first kappa shape index (κ1) is 15.5. The van der Waals surface area contributed by atoms with E-state index >= 15 is 0 Å². The van der Waals surface area contributed by atoms with Crippen molar-refractivity contribution in [1.29, 1.82) is 0 Å². The number of aryl methyl sites for hydroxylation is 1. The quantitative estimate of drug-likeness (QED) is 0.793. The van der Waals surface area contributed by atoms with Crippen molar-refractivity contribution >= 4 is 18.1 Å². The molecule has 7 nitrogen and oxygen atoms in total. The van der Waals surface area contributed by atoms with E-state index in [1.165, 1.54) is 12.4 Å². The van der Waals surface area contributed by atoms with Crippen LogP contribution >= 0.6 is 0 Å². The molecule has 0 fully saturated rings. The third-order valence-electron chi connectivity index (χ3n) is 3.54. The van der Waals surface area contributed by atoms with Crippen LogP contribution in [0.15, 0.2) is 36.8 Å².